The van der Waals surface area contributed by atoms with Crippen molar-refractivity contribution in [3.8, 4) is 0 Å². The summed E-state index contributed by atoms with van der Waals surface area (Å²) in [5.41, 5.74) is 5.31. The van der Waals surface area contributed by atoms with Gasteiger partial charge in [0.1, 0.15) is 11.9 Å². The van der Waals surface area contributed by atoms with Crippen LogP contribution in [0, 0.1) is 0 Å². The van der Waals surface area contributed by atoms with Crippen molar-refractivity contribution in [1.29, 1.82) is 0 Å². The molecule has 8 heteroatoms. The second-order valence-corrected chi connectivity index (χ2v) is 4.09. The molecular weight excluding hydrogens is 238 g/mol. The maximum absolute atomic E-state index is 11.8. The predicted octanol–water partition coefficient (Wildman–Crippen LogP) is -1.18. The van der Waals surface area contributed by atoms with E-state index in [0.717, 1.165) is 5.82 Å². The zero-order chi connectivity index (χ0) is 13.1. The molecule has 0 aromatic carbocycles. The number of aliphatic carboxylic acids is 1. The average molecular weight is 253 g/mol. The Morgan fingerprint density at radius 3 is 3.06 bits per heavy atom. The summed E-state index contributed by atoms with van der Waals surface area (Å²) < 4.78 is 1.98. The van der Waals surface area contributed by atoms with Gasteiger partial charge in [-0.05, 0) is 0 Å². The Morgan fingerprint density at radius 2 is 2.33 bits per heavy atom. The highest BCUT2D eigenvalue weighted by Crippen LogP contribution is 2.09. The number of nitrogens with zero attached hydrogens (tertiary/aromatic N) is 3. The number of nitrogens with two attached hydrogens (primary N) is 1. The lowest BCUT2D eigenvalue weighted by molar-refractivity contribution is -0.138. The van der Waals surface area contributed by atoms with Crippen LogP contribution >= 0.6 is 0 Å². The molecule has 98 valence electrons. The minimum atomic E-state index is -1.13. The van der Waals surface area contributed by atoms with Crippen LogP contribution in [0.5, 0.6) is 0 Å². The first-order valence-electron chi connectivity index (χ1n) is 5.59. The maximum atomic E-state index is 11.8. The van der Waals surface area contributed by atoms with Crippen LogP contribution in [0.15, 0.2) is 12.4 Å². The van der Waals surface area contributed by atoms with Crippen molar-refractivity contribution in [3.63, 3.8) is 0 Å². The van der Waals surface area contributed by atoms with Crippen LogP contribution in [0.25, 0.3) is 0 Å². The van der Waals surface area contributed by atoms with Crippen molar-refractivity contribution in [2.45, 2.75) is 19.1 Å². The van der Waals surface area contributed by atoms with Crippen molar-refractivity contribution in [1.82, 2.24) is 19.8 Å². The van der Waals surface area contributed by atoms with E-state index in [1.54, 1.807) is 11.1 Å². The van der Waals surface area contributed by atoms with Crippen LogP contribution in [-0.2, 0) is 17.9 Å². The quantitative estimate of drug-likeness (QED) is 0.627. The Morgan fingerprint density at radius 1 is 1.56 bits per heavy atom. The van der Waals surface area contributed by atoms with Crippen molar-refractivity contribution < 1.29 is 14.7 Å². The molecule has 18 heavy (non-hydrogen) atoms. The van der Waals surface area contributed by atoms with Crippen LogP contribution in [0.2, 0.25) is 0 Å². The maximum Gasteiger partial charge on any atom is 0.322 e. The van der Waals surface area contributed by atoms with Crippen LogP contribution in [-0.4, -0.2) is 50.7 Å². The summed E-state index contributed by atoms with van der Waals surface area (Å²) in [5, 5.41) is 11.1. The molecule has 2 heterocycles. The molecule has 1 aliphatic rings. The molecule has 1 aromatic heterocycles. The molecule has 0 radical (unpaired) electrons. The van der Waals surface area contributed by atoms with Gasteiger partial charge in [-0.2, -0.15) is 0 Å². The van der Waals surface area contributed by atoms with Crippen molar-refractivity contribution in [3.05, 3.63) is 18.2 Å². The number of carbonyl (C=O) groups excluding carboxylic acids is 1. The predicted molar refractivity (Wildman–Crippen MR) is 61.6 cm³/mol. The Hall–Kier alpha value is -2.09. The first kappa shape index (κ1) is 12.4. The topological polar surface area (TPSA) is 113 Å². The van der Waals surface area contributed by atoms with Gasteiger partial charge in [0, 0.05) is 32.0 Å². The zero-order valence-electron chi connectivity index (χ0n) is 9.74. The monoisotopic (exact) mass is 253 g/mol. The highest BCUT2D eigenvalue weighted by Gasteiger charge is 2.22. The number of carboxylic acids is 1. The van der Waals surface area contributed by atoms with E-state index >= 15 is 0 Å². The van der Waals surface area contributed by atoms with Gasteiger partial charge in [0.05, 0.1) is 6.54 Å². The number of urea groups is 1. The molecule has 1 atom stereocenters. The molecule has 2 amide bonds. The minimum Gasteiger partial charge on any atom is -0.480 e. The van der Waals surface area contributed by atoms with Crippen LogP contribution < -0.4 is 11.1 Å². The fourth-order valence-corrected chi connectivity index (χ4v) is 1.74. The summed E-state index contributed by atoms with van der Waals surface area (Å²) in [5.74, 6) is -0.316. The molecule has 4 N–H and O–H groups in total. The van der Waals surface area contributed by atoms with Crippen molar-refractivity contribution >= 4 is 12.0 Å². The van der Waals surface area contributed by atoms with Crippen LogP contribution in [0.4, 0.5) is 4.79 Å². The summed E-state index contributed by atoms with van der Waals surface area (Å²) in [7, 11) is 0. The molecule has 1 unspecified atom stereocenters. The second-order valence-electron chi connectivity index (χ2n) is 4.09. The first-order chi connectivity index (χ1) is 8.58. The van der Waals surface area contributed by atoms with Gasteiger partial charge in [-0.25, -0.2) is 9.78 Å². The highest BCUT2D eigenvalue weighted by molar-refractivity contribution is 5.77. The Balaban J connectivity index is 1.86. The van der Waals surface area contributed by atoms with Crippen LogP contribution in [0.3, 0.4) is 0 Å². The third-order valence-corrected chi connectivity index (χ3v) is 2.82. The first-order valence-corrected chi connectivity index (χ1v) is 5.59. The molecule has 0 aliphatic carbocycles. The summed E-state index contributed by atoms with van der Waals surface area (Å²) in [6, 6.07) is -1.40. The van der Waals surface area contributed by atoms with Gasteiger partial charge in [0.15, 0.2) is 0 Å². The zero-order valence-corrected chi connectivity index (χ0v) is 9.74. The molecule has 8 nitrogen and oxygen atoms in total. The fraction of sp³-hybridized carbons (Fsp3) is 0.500. The van der Waals surface area contributed by atoms with Gasteiger partial charge in [-0.15, -0.1) is 0 Å². The summed E-state index contributed by atoms with van der Waals surface area (Å²) in [6.07, 6.45) is 3.56. The van der Waals surface area contributed by atoms with Crippen LogP contribution in [0.1, 0.15) is 5.82 Å². The number of hydrogen-bond donors (Lipinski definition) is 3. The molecule has 0 saturated carbocycles. The van der Waals surface area contributed by atoms with E-state index in [0.29, 0.717) is 19.6 Å². The van der Waals surface area contributed by atoms with Gasteiger partial charge in [-0.3, -0.25) is 4.79 Å². The SMILES string of the molecule is NC(CNC(=O)N1CCn2ccnc2C1)C(=O)O. The fourth-order valence-electron chi connectivity index (χ4n) is 1.74. The summed E-state index contributed by atoms with van der Waals surface area (Å²) >= 11 is 0. The second kappa shape index (κ2) is 5.05. The number of carbonyl (C=O) groups is 2. The Labute approximate surface area is 103 Å². The molecule has 0 saturated heterocycles. The molecular formula is C10H15N5O3. The summed E-state index contributed by atoms with van der Waals surface area (Å²) in [6.45, 7) is 1.59. The number of fused-ring (bicyclic) bond motifs is 1. The van der Waals surface area contributed by atoms with Gasteiger partial charge < -0.3 is 25.6 Å². The molecule has 0 spiro atoms. The van der Waals surface area contributed by atoms with Crippen molar-refractivity contribution in [2.75, 3.05) is 13.1 Å². The average Bonchev–Trinajstić information content (AvgIpc) is 2.82. The minimum absolute atomic E-state index is 0.0842. The molecule has 0 fully saturated rings. The third-order valence-electron chi connectivity index (χ3n) is 2.82. The highest BCUT2D eigenvalue weighted by atomic mass is 16.4. The lowest BCUT2D eigenvalue weighted by Crippen LogP contribution is -2.49. The number of aromatic nitrogens is 2. The van der Waals surface area contributed by atoms with Gasteiger partial charge in [0.25, 0.3) is 0 Å². The van der Waals surface area contributed by atoms with Gasteiger partial charge in [0.2, 0.25) is 0 Å². The Kier molecular flexibility index (Phi) is 3.47. The van der Waals surface area contributed by atoms with E-state index in [4.69, 9.17) is 10.8 Å². The smallest absolute Gasteiger partial charge is 0.322 e. The lowest BCUT2D eigenvalue weighted by atomic mass is 10.3. The van der Waals surface area contributed by atoms with E-state index in [9.17, 15) is 9.59 Å². The van der Waals surface area contributed by atoms with Crippen molar-refractivity contribution in [2.24, 2.45) is 5.73 Å². The van der Waals surface area contributed by atoms with Gasteiger partial charge in [-0.1, -0.05) is 0 Å². The normalized spacial score (nSPS) is 15.9. The number of rotatable bonds is 3. The molecule has 0 bridgehead atoms. The molecule has 2 rings (SSSR count). The van der Waals surface area contributed by atoms with E-state index in [1.165, 1.54) is 0 Å². The van der Waals surface area contributed by atoms with E-state index in [1.807, 2.05) is 10.8 Å². The lowest BCUT2D eigenvalue weighted by Gasteiger charge is -2.28. The molecule has 1 aromatic rings. The van der Waals surface area contributed by atoms with E-state index in [-0.39, 0.29) is 12.6 Å². The standard InChI is InChI=1S/C10H15N5O3/c11-7(9(16)17)5-13-10(18)15-4-3-14-2-1-12-8(14)6-15/h1-2,7H,3-6,11H2,(H,13,18)(H,16,17). The third kappa shape index (κ3) is 2.59. The van der Waals surface area contributed by atoms with E-state index < -0.39 is 12.0 Å². The number of hydrogen-bond acceptors (Lipinski definition) is 4. The molecule has 1 aliphatic heterocycles. The number of carboxylic acid groups (broad SMARTS) is 1. The number of nitrogens with one attached hydrogen (secondary N) is 1. The van der Waals surface area contributed by atoms with Gasteiger partial charge >= 0.3 is 12.0 Å². The summed E-state index contributed by atoms with van der Waals surface area (Å²) in [4.78, 5) is 28.0. The number of imidazole rings is 1. The number of amides is 2. The Bertz CT molecular complexity index is 458. The largest absolute Gasteiger partial charge is 0.480 e. The van der Waals surface area contributed by atoms with E-state index in [2.05, 4.69) is 10.3 Å².